The molecule has 0 aliphatic carbocycles. The molecule has 7 N–H and O–H groups in total. The molecule has 12 nitrogen and oxygen atoms in total. The Balaban J connectivity index is 1.66. The van der Waals surface area contributed by atoms with E-state index in [1.807, 2.05) is 19.1 Å². The molecule has 12 heteroatoms. The molecule has 0 radical (unpaired) electrons. The Morgan fingerprint density at radius 1 is 1.03 bits per heavy atom. The lowest BCUT2D eigenvalue weighted by molar-refractivity contribution is -0.312. The molecule has 6 unspecified atom stereocenters. The lowest BCUT2D eigenvalue weighted by atomic mass is 9.99. The summed E-state index contributed by atoms with van der Waals surface area (Å²) >= 11 is 0. The predicted molar refractivity (Wildman–Crippen MR) is 122 cm³/mol. The summed E-state index contributed by atoms with van der Waals surface area (Å²) in [5.74, 6) is -2.68. The van der Waals surface area contributed by atoms with Crippen molar-refractivity contribution < 1.29 is 59.5 Å². The van der Waals surface area contributed by atoms with Crippen molar-refractivity contribution in [3.8, 4) is 23.0 Å². The van der Waals surface area contributed by atoms with E-state index in [4.69, 9.17) is 18.9 Å². The SMILES string of the molecule is COc1cc(CC(CO)OC2OC(COC(=O)c3cc(O)c(O)c(O)c3)C(O)C(O)C2O)ccc1C. The molecule has 1 aliphatic rings. The number of methoxy groups -OCH3 is 1. The number of rotatable bonds is 9. The minimum atomic E-state index is -1.71. The standard InChI is InChI=1S/C24H30O12/c1-11-3-4-12(6-17(11)33-2)5-14(9-25)35-24-22(31)21(30)20(29)18(36-24)10-34-23(32)13-7-15(26)19(28)16(27)8-13/h3-4,6-8,14,18,20-22,24-31H,5,9-10H2,1-2H3. The number of phenolic OH excluding ortho intramolecular Hbond substituents is 3. The van der Waals surface area contributed by atoms with Gasteiger partial charge in [-0.1, -0.05) is 12.1 Å². The van der Waals surface area contributed by atoms with Crippen molar-refractivity contribution in [1.82, 2.24) is 0 Å². The van der Waals surface area contributed by atoms with Crippen molar-refractivity contribution in [2.75, 3.05) is 20.3 Å². The van der Waals surface area contributed by atoms with E-state index in [2.05, 4.69) is 0 Å². The second-order valence-electron chi connectivity index (χ2n) is 8.43. The minimum Gasteiger partial charge on any atom is -0.504 e. The van der Waals surface area contributed by atoms with E-state index in [1.54, 1.807) is 6.07 Å². The molecular weight excluding hydrogens is 480 g/mol. The normalized spacial score (nSPS) is 24.8. The number of carbonyl (C=O) groups excluding carboxylic acids is 1. The van der Waals surface area contributed by atoms with Gasteiger partial charge in [0.2, 0.25) is 0 Å². The molecule has 1 heterocycles. The second-order valence-corrected chi connectivity index (χ2v) is 8.43. The number of ether oxygens (including phenoxy) is 4. The average molecular weight is 510 g/mol. The van der Waals surface area contributed by atoms with Gasteiger partial charge in [-0.05, 0) is 36.2 Å². The van der Waals surface area contributed by atoms with Crippen molar-refractivity contribution >= 4 is 5.97 Å². The molecule has 198 valence electrons. The number of aromatic hydroxyl groups is 3. The lowest BCUT2D eigenvalue weighted by Gasteiger charge is -2.41. The van der Waals surface area contributed by atoms with Gasteiger partial charge in [0.25, 0.3) is 0 Å². The number of hydrogen-bond donors (Lipinski definition) is 7. The lowest BCUT2D eigenvalue weighted by Crippen LogP contribution is -2.60. The molecule has 1 saturated heterocycles. The summed E-state index contributed by atoms with van der Waals surface area (Å²) in [6.45, 7) is 0.835. The maximum absolute atomic E-state index is 12.3. The van der Waals surface area contributed by atoms with Crippen LogP contribution in [0.1, 0.15) is 21.5 Å². The van der Waals surface area contributed by atoms with E-state index in [-0.39, 0.29) is 12.0 Å². The van der Waals surface area contributed by atoms with Gasteiger partial charge in [0.1, 0.15) is 36.8 Å². The zero-order valence-corrected chi connectivity index (χ0v) is 19.6. The fourth-order valence-corrected chi connectivity index (χ4v) is 3.73. The molecule has 1 fully saturated rings. The van der Waals surface area contributed by atoms with Gasteiger partial charge in [-0.3, -0.25) is 0 Å². The van der Waals surface area contributed by atoms with Crippen molar-refractivity contribution in [1.29, 1.82) is 0 Å². The number of hydrogen-bond acceptors (Lipinski definition) is 12. The van der Waals surface area contributed by atoms with Crippen LogP contribution >= 0.6 is 0 Å². The molecule has 2 aromatic rings. The van der Waals surface area contributed by atoms with Gasteiger partial charge in [0.05, 0.1) is 25.4 Å². The fourth-order valence-electron chi connectivity index (χ4n) is 3.73. The van der Waals surface area contributed by atoms with Crippen molar-refractivity contribution in [3.05, 3.63) is 47.0 Å². The van der Waals surface area contributed by atoms with Crippen molar-refractivity contribution in [2.45, 2.75) is 50.2 Å². The Morgan fingerprint density at radius 2 is 1.69 bits per heavy atom. The topological polar surface area (TPSA) is 196 Å². The van der Waals surface area contributed by atoms with Crippen LogP contribution in [0.5, 0.6) is 23.0 Å². The number of aryl methyl sites for hydroxylation is 1. The quantitative estimate of drug-likeness (QED) is 0.172. The summed E-state index contributed by atoms with van der Waals surface area (Å²) < 4.78 is 21.5. The van der Waals surface area contributed by atoms with Gasteiger partial charge in [-0.25, -0.2) is 4.79 Å². The van der Waals surface area contributed by atoms with E-state index in [1.165, 1.54) is 7.11 Å². The Hall–Kier alpha value is -3.13. The predicted octanol–water partition coefficient (Wildman–Crippen LogP) is -0.295. The molecule has 0 spiro atoms. The Morgan fingerprint density at radius 3 is 2.31 bits per heavy atom. The van der Waals surface area contributed by atoms with Crippen LogP contribution in [-0.4, -0.2) is 98.8 Å². The third-order valence-electron chi connectivity index (χ3n) is 5.82. The number of benzene rings is 2. The molecule has 0 aromatic heterocycles. The number of phenols is 3. The van der Waals surface area contributed by atoms with Gasteiger partial charge >= 0.3 is 5.97 Å². The third-order valence-corrected chi connectivity index (χ3v) is 5.82. The number of carbonyl (C=O) groups is 1. The van der Waals surface area contributed by atoms with Crippen LogP contribution in [0.2, 0.25) is 0 Å². The Bertz CT molecular complexity index is 1030. The molecule has 2 aromatic carbocycles. The van der Waals surface area contributed by atoms with Crippen LogP contribution in [0.3, 0.4) is 0 Å². The summed E-state index contributed by atoms with van der Waals surface area (Å²) in [5.41, 5.74) is 1.39. The number of aliphatic hydroxyl groups is 4. The smallest absolute Gasteiger partial charge is 0.338 e. The Kier molecular flexibility index (Phi) is 8.95. The van der Waals surface area contributed by atoms with Crippen molar-refractivity contribution in [3.63, 3.8) is 0 Å². The van der Waals surface area contributed by atoms with Gasteiger partial charge in [0, 0.05) is 6.42 Å². The summed E-state index contributed by atoms with van der Waals surface area (Å²) in [5, 5.41) is 69.2. The summed E-state index contributed by atoms with van der Waals surface area (Å²) in [6.07, 6.45) is -8.47. The molecular formula is C24H30O12. The van der Waals surface area contributed by atoms with Gasteiger partial charge in [-0.2, -0.15) is 0 Å². The second kappa shape index (κ2) is 11.7. The molecule has 0 bridgehead atoms. The van der Waals surface area contributed by atoms with Gasteiger partial charge < -0.3 is 54.7 Å². The van der Waals surface area contributed by atoms with E-state index in [0.717, 1.165) is 23.3 Å². The molecule has 36 heavy (non-hydrogen) atoms. The first-order valence-corrected chi connectivity index (χ1v) is 11.1. The van der Waals surface area contributed by atoms with Crippen LogP contribution in [-0.2, 0) is 20.6 Å². The average Bonchev–Trinajstić information content (AvgIpc) is 2.86. The third kappa shape index (κ3) is 6.16. The van der Waals surface area contributed by atoms with E-state index >= 15 is 0 Å². The maximum Gasteiger partial charge on any atom is 0.338 e. The molecule has 0 amide bonds. The van der Waals surface area contributed by atoms with Crippen LogP contribution in [0.4, 0.5) is 0 Å². The van der Waals surface area contributed by atoms with Crippen LogP contribution in [0.25, 0.3) is 0 Å². The van der Waals surface area contributed by atoms with E-state index in [0.29, 0.717) is 5.75 Å². The molecule has 0 saturated carbocycles. The first-order valence-electron chi connectivity index (χ1n) is 11.1. The monoisotopic (exact) mass is 510 g/mol. The number of aliphatic hydroxyl groups excluding tert-OH is 4. The first kappa shape index (κ1) is 27.5. The highest BCUT2D eigenvalue weighted by Gasteiger charge is 2.45. The van der Waals surface area contributed by atoms with Crippen LogP contribution in [0.15, 0.2) is 30.3 Å². The zero-order chi connectivity index (χ0) is 26.6. The van der Waals surface area contributed by atoms with E-state index < -0.39 is 73.2 Å². The Labute approximate surface area is 206 Å². The summed E-state index contributed by atoms with van der Waals surface area (Å²) in [6, 6.07) is 7.17. The van der Waals surface area contributed by atoms with Crippen LogP contribution < -0.4 is 4.74 Å². The van der Waals surface area contributed by atoms with E-state index in [9.17, 15) is 40.5 Å². The highest BCUT2D eigenvalue weighted by molar-refractivity contribution is 5.91. The maximum atomic E-state index is 12.3. The first-order chi connectivity index (χ1) is 17.0. The van der Waals surface area contributed by atoms with Crippen LogP contribution in [0, 0.1) is 6.92 Å². The minimum absolute atomic E-state index is 0.214. The fraction of sp³-hybridized carbons (Fsp3) is 0.458. The number of esters is 1. The summed E-state index contributed by atoms with van der Waals surface area (Å²) in [4.78, 5) is 12.3. The molecule has 6 atom stereocenters. The highest BCUT2D eigenvalue weighted by Crippen LogP contribution is 2.35. The molecule has 1 aliphatic heterocycles. The van der Waals surface area contributed by atoms with Gasteiger partial charge in [-0.15, -0.1) is 0 Å². The molecule has 3 rings (SSSR count). The largest absolute Gasteiger partial charge is 0.504 e. The van der Waals surface area contributed by atoms with Gasteiger partial charge in [0.15, 0.2) is 23.5 Å². The van der Waals surface area contributed by atoms with Crippen molar-refractivity contribution in [2.24, 2.45) is 0 Å². The summed E-state index contributed by atoms with van der Waals surface area (Å²) in [7, 11) is 1.53. The zero-order valence-electron chi connectivity index (χ0n) is 19.6. The highest BCUT2D eigenvalue weighted by atomic mass is 16.7.